The van der Waals surface area contributed by atoms with Crippen molar-refractivity contribution in [1.82, 2.24) is 0 Å². The summed E-state index contributed by atoms with van der Waals surface area (Å²) in [6, 6.07) is -1.21. The molecule has 0 saturated carbocycles. The topological polar surface area (TPSA) is 129 Å². The van der Waals surface area contributed by atoms with Crippen molar-refractivity contribution >= 4 is 11.9 Å². The number of rotatable bonds is 5. The predicted octanol–water partition coefficient (Wildman–Crippen LogP) is 0.0154. The number of hydrogen-bond donors (Lipinski definition) is 2. The zero-order chi connectivity index (χ0) is 9.56. The predicted molar refractivity (Wildman–Crippen MR) is 39.0 cm³/mol. The van der Waals surface area contributed by atoms with Crippen LogP contribution in [-0.2, 0) is 9.59 Å². The van der Waals surface area contributed by atoms with Crippen LogP contribution < -0.4 is 5.73 Å². The fraction of sp³-hybridized carbons (Fsp3) is 0.600. The average Bonchev–Trinajstić information content (AvgIpc) is 1.96. The van der Waals surface area contributed by atoms with E-state index in [9.17, 15) is 9.59 Å². The zero-order valence-corrected chi connectivity index (χ0v) is 6.17. The van der Waals surface area contributed by atoms with Gasteiger partial charge in [-0.05, 0) is 12.0 Å². The molecule has 66 valence electrons. The molecule has 1 atom stereocenters. The molecule has 0 fully saturated rings. The maximum absolute atomic E-state index is 10.3. The maximum Gasteiger partial charge on any atom is 0.312 e. The Morgan fingerprint density at radius 3 is 2.58 bits per heavy atom. The number of aliphatic carboxylic acids is 1. The second-order valence-electron chi connectivity index (χ2n) is 2.06. The fourth-order valence-corrected chi connectivity index (χ4v) is 0.572. The van der Waals surface area contributed by atoms with Crippen LogP contribution in [0.3, 0.4) is 0 Å². The number of carbonyl (C=O) groups is 2. The van der Waals surface area contributed by atoms with E-state index in [1.165, 1.54) is 0 Å². The third-order valence-electron chi connectivity index (χ3n) is 1.14. The van der Waals surface area contributed by atoms with Gasteiger partial charge in [0.15, 0.2) is 0 Å². The zero-order valence-electron chi connectivity index (χ0n) is 6.17. The van der Waals surface area contributed by atoms with Crippen molar-refractivity contribution < 1.29 is 14.7 Å². The lowest BCUT2D eigenvalue weighted by Gasteiger charge is -2.01. The molecule has 7 nitrogen and oxygen atoms in total. The van der Waals surface area contributed by atoms with Gasteiger partial charge in [-0.25, -0.2) is 0 Å². The highest BCUT2D eigenvalue weighted by atomic mass is 16.4. The lowest BCUT2D eigenvalue weighted by molar-refractivity contribution is -0.138. The molecule has 0 heterocycles. The molecule has 0 spiro atoms. The van der Waals surface area contributed by atoms with Gasteiger partial charge in [0.1, 0.15) is 6.04 Å². The van der Waals surface area contributed by atoms with E-state index < -0.39 is 17.9 Å². The van der Waals surface area contributed by atoms with Crippen LogP contribution in [0.2, 0.25) is 0 Å². The van der Waals surface area contributed by atoms with Crippen LogP contribution in [0.1, 0.15) is 12.8 Å². The molecule has 1 amide bonds. The molecular weight excluding hydrogens is 164 g/mol. The average molecular weight is 172 g/mol. The van der Waals surface area contributed by atoms with Crippen LogP contribution in [0.5, 0.6) is 0 Å². The Labute approximate surface area is 67.8 Å². The summed E-state index contributed by atoms with van der Waals surface area (Å²) in [4.78, 5) is 22.8. The van der Waals surface area contributed by atoms with Gasteiger partial charge in [-0.2, -0.15) is 0 Å². The molecule has 1 unspecified atom stereocenters. The lowest BCUT2D eigenvalue weighted by atomic mass is 10.2. The summed E-state index contributed by atoms with van der Waals surface area (Å²) in [6.07, 6.45) is -0.162. The molecule has 0 bridgehead atoms. The second-order valence-corrected chi connectivity index (χ2v) is 2.06. The highest BCUT2D eigenvalue weighted by Gasteiger charge is 2.15. The summed E-state index contributed by atoms with van der Waals surface area (Å²) in [6.45, 7) is 0. The van der Waals surface area contributed by atoms with Gasteiger partial charge < -0.3 is 10.8 Å². The van der Waals surface area contributed by atoms with Crippen molar-refractivity contribution in [3.63, 3.8) is 0 Å². The van der Waals surface area contributed by atoms with Gasteiger partial charge >= 0.3 is 5.97 Å². The SMILES string of the molecule is [N-]=[N+]=NC(CCC(N)=O)C(=O)O. The first-order valence-corrected chi connectivity index (χ1v) is 3.13. The lowest BCUT2D eigenvalue weighted by Crippen LogP contribution is -2.20. The number of amides is 1. The number of carboxylic acids is 1. The maximum atomic E-state index is 10.3. The molecule has 0 aromatic rings. The first kappa shape index (κ1) is 10.2. The Hall–Kier alpha value is -1.75. The summed E-state index contributed by atoms with van der Waals surface area (Å²) in [5.41, 5.74) is 12.7. The minimum Gasteiger partial charge on any atom is -0.481 e. The molecule has 0 rings (SSSR count). The summed E-state index contributed by atoms with van der Waals surface area (Å²) >= 11 is 0. The van der Waals surface area contributed by atoms with Crippen LogP contribution in [0, 0.1) is 0 Å². The normalized spacial score (nSPS) is 11.3. The third-order valence-corrected chi connectivity index (χ3v) is 1.14. The molecule has 0 radical (unpaired) electrons. The van der Waals surface area contributed by atoms with Crippen molar-refractivity contribution in [2.24, 2.45) is 10.8 Å². The van der Waals surface area contributed by atoms with E-state index >= 15 is 0 Å². The first-order chi connectivity index (χ1) is 5.57. The van der Waals surface area contributed by atoms with E-state index in [4.69, 9.17) is 16.4 Å². The van der Waals surface area contributed by atoms with Crippen molar-refractivity contribution in [3.8, 4) is 0 Å². The molecule has 3 N–H and O–H groups in total. The van der Waals surface area contributed by atoms with E-state index in [1.54, 1.807) is 0 Å². The Balaban J connectivity index is 4.05. The Bertz CT molecular complexity index is 231. The van der Waals surface area contributed by atoms with E-state index in [2.05, 4.69) is 10.0 Å². The van der Waals surface area contributed by atoms with Crippen molar-refractivity contribution in [2.75, 3.05) is 0 Å². The largest absolute Gasteiger partial charge is 0.481 e. The van der Waals surface area contributed by atoms with Crippen LogP contribution in [0.4, 0.5) is 0 Å². The number of nitrogens with zero attached hydrogens (tertiary/aromatic N) is 3. The van der Waals surface area contributed by atoms with Gasteiger partial charge in [-0.15, -0.1) is 0 Å². The Morgan fingerprint density at radius 2 is 2.25 bits per heavy atom. The molecule has 0 aliphatic rings. The van der Waals surface area contributed by atoms with Gasteiger partial charge in [-0.3, -0.25) is 9.59 Å². The fourth-order valence-electron chi connectivity index (χ4n) is 0.572. The summed E-state index contributed by atoms with van der Waals surface area (Å²) in [7, 11) is 0. The summed E-state index contributed by atoms with van der Waals surface area (Å²) in [5.74, 6) is -1.87. The molecule has 7 heteroatoms. The Kier molecular flexibility index (Phi) is 4.25. The molecular formula is C5H8N4O3. The second kappa shape index (κ2) is 4.97. The Morgan fingerprint density at radius 1 is 1.67 bits per heavy atom. The molecule has 0 saturated heterocycles. The monoisotopic (exact) mass is 172 g/mol. The summed E-state index contributed by atoms with van der Waals surface area (Å²) < 4.78 is 0. The number of nitrogens with two attached hydrogens (primary N) is 1. The minimum absolute atomic E-state index is 0.0608. The number of carboxylic acid groups (broad SMARTS) is 1. The molecule has 0 aliphatic carbocycles. The highest BCUT2D eigenvalue weighted by Crippen LogP contribution is 2.01. The van der Waals surface area contributed by atoms with Crippen molar-refractivity contribution in [1.29, 1.82) is 0 Å². The van der Waals surface area contributed by atoms with Crippen molar-refractivity contribution in [3.05, 3.63) is 10.4 Å². The highest BCUT2D eigenvalue weighted by molar-refractivity contribution is 5.77. The van der Waals surface area contributed by atoms with Crippen LogP contribution in [-0.4, -0.2) is 23.0 Å². The number of hydrogen-bond acceptors (Lipinski definition) is 3. The molecule has 0 aromatic carbocycles. The number of primary amides is 1. The van der Waals surface area contributed by atoms with Gasteiger partial charge in [-0.1, -0.05) is 5.11 Å². The minimum atomic E-state index is -1.26. The smallest absolute Gasteiger partial charge is 0.312 e. The van der Waals surface area contributed by atoms with E-state index in [1.807, 2.05) is 0 Å². The molecule has 12 heavy (non-hydrogen) atoms. The van der Waals surface area contributed by atoms with E-state index in [0.29, 0.717) is 0 Å². The van der Waals surface area contributed by atoms with E-state index in [0.717, 1.165) is 0 Å². The van der Waals surface area contributed by atoms with Crippen LogP contribution >= 0.6 is 0 Å². The van der Waals surface area contributed by atoms with Crippen molar-refractivity contribution in [2.45, 2.75) is 18.9 Å². The molecule has 0 aliphatic heterocycles. The number of carbonyl (C=O) groups excluding carboxylic acids is 1. The van der Waals surface area contributed by atoms with Crippen LogP contribution in [0.25, 0.3) is 10.4 Å². The standard InChI is InChI=1S/C5H8N4O3/c6-4(10)2-1-3(5(11)12)8-9-7/h3H,1-2H2,(H2,6,10)(H,11,12). The van der Waals surface area contributed by atoms with Crippen LogP contribution in [0.15, 0.2) is 5.11 Å². The van der Waals surface area contributed by atoms with Gasteiger partial charge in [0, 0.05) is 11.3 Å². The quantitative estimate of drug-likeness (QED) is 0.344. The summed E-state index contributed by atoms with van der Waals surface area (Å²) in [5, 5.41) is 11.4. The van der Waals surface area contributed by atoms with Gasteiger partial charge in [0.05, 0.1) is 0 Å². The van der Waals surface area contributed by atoms with Gasteiger partial charge in [0.2, 0.25) is 5.91 Å². The first-order valence-electron chi connectivity index (χ1n) is 3.13. The van der Waals surface area contributed by atoms with Gasteiger partial charge in [0.25, 0.3) is 0 Å². The van der Waals surface area contributed by atoms with E-state index in [-0.39, 0.29) is 12.8 Å². The third kappa shape index (κ3) is 4.13. The number of azide groups is 1. The molecule has 0 aromatic heterocycles.